The maximum absolute atomic E-state index is 12.1. The summed E-state index contributed by atoms with van der Waals surface area (Å²) in [4.78, 5) is 23.6. The van der Waals surface area contributed by atoms with E-state index in [4.69, 9.17) is 15.2 Å². The van der Waals surface area contributed by atoms with Crippen molar-refractivity contribution in [2.75, 3.05) is 30.9 Å². The standard InChI is InChI=1S/C15H21N3O4/c1-21-13-9-10(17-14(19)6-7-16)4-5-11(13)18-15(20)12-3-2-8-22-12/h4-5,9,12H,2-3,6-8,16H2,1H3,(H,17,19)(H,18,20). The van der Waals surface area contributed by atoms with Crippen LogP contribution in [0.2, 0.25) is 0 Å². The molecule has 7 nitrogen and oxygen atoms in total. The summed E-state index contributed by atoms with van der Waals surface area (Å²) < 4.78 is 10.6. The van der Waals surface area contributed by atoms with Gasteiger partial charge >= 0.3 is 0 Å². The molecule has 0 saturated carbocycles. The van der Waals surface area contributed by atoms with Crippen molar-refractivity contribution in [3.05, 3.63) is 18.2 Å². The quantitative estimate of drug-likeness (QED) is 0.730. The molecule has 0 aliphatic carbocycles. The van der Waals surface area contributed by atoms with E-state index in [-0.39, 0.29) is 18.2 Å². The number of carbonyl (C=O) groups is 2. The summed E-state index contributed by atoms with van der Waals surface area (Å²) in [5.41, 5.74) is 6.46. The van der Waals surface area contributed by atoms with Crippen LogP contribution in [0.5, 0.6) is 5.75 Å². The second kappa shape index (κ2) is 7.77. The van der Waals surface area contributed by atoms with Crippen molar-refractivity contribution in [3.63, 3.8) is 0 Å². The summed E-state index contributed by atoms with van der Waals surface area (Å²) in [5.74, 6) is 0.119. The molecule has 4 N–H and O–H groups in total. The fourth-order valence-corrected chi connectivity index (χ4v) is 2.22. The Kier molecular flexibility index (Phi) is 5.74. The van der Waals surface area contributed by atoms with E-state index in [1.807, 2.05) is 0 Å². The smallest absolute Gasteiger partial charge is 0.253 e. The molecular formula is C15H21N3O4. The highest BCUT2D eigenvalue weighted by molar-refractivity contribution is 5.96. The number of methoxy groups -OCH3 is 1. The van der Waals surface area contributed by atoms with Crippen LogP contribution in [0, 0.1) is 0 Å². The molecule has 22 heavy (non-hydrogen) atoms. The Bertz CT molecular complexity index is 542. The van der Waals surface area contributed by atoms with Crippen molar-refractivity contribution in [1.82, 2.24) is 0 Å². The van der Waals surface area contributed by atoms with Crippen molar-refractivity contribution in [1.29, 1.82) is 0 Å². The molecule has 1 heterocycles. The minimum atomic E-state index is -0.409. The average Bonchev–Trinajstić information content (AvgIpc) is 3.03. The van der Waals surface area contributed by atoms with E-state index >= 15 is 0 Å². The molecule has 0 spiro atoms. The van der Waals surface area contributed by atoms with Gasteiger partial charge in [0.25, 0.3) is 5.91 Å². The summed E-state index contributed by atoms with van der Waals surface area (Å²) >= 11 is 0. The van der Waals surface area contributed by atoms with Gasteiger partial charge in [-0.05, 0) is 25.0 Å². The van der Waals surface area contributed by atoms with Gasteiger partial charge in [0.05, 0.1) is 12.8 Å². The highest BCUT2D eigenvalue weighted by Gasteiger charge is 2.24. The van der Waals surface area contributed by atoms with Crippen LogP contribution >= 0.6 is 0 Å². The Morgan fingerprint density at radius 2 is 2.23 bits per heavy atom. The first kappa shape index (κ1) is 16.3. The first-order valence-corrected chi connectivity index (χ1v) is 7.24. The minimum Gasteiger partial charge on any atom is -0.494 e. The Labute approximate surface area is 129 Å². The molecule has 120 valence electrons. The van der Waals surface area contributed by atoms with Crippen LogP contribution in [0.3, 0.4) is 0 Å². The van der Waals surface area contributed by atoms with Crippen molar-refractivity contribution in [2.45, 2.75) is 25.4 Å². The van der Waals surface area contributed by atoms with E-state index in [2.05, 4.69) is 10.6 Å². The van der Waals surface area contributed by atoms with E-state index in [9.17, 15) is 9.59 Å². The number of amides is 2. The topological polar surface area (TPSA) is 103 Å². The predicted octanol–water partition coefficient (Wildman–Crippen LogP) is 1.10. The third-order valence-electron chi connectivity index (χ3n) is 3.34. The zero-order valence-electron chi connectivity index (χ0n) is 12.6. The number of hydrogen-bond donors (Lipinski definition) is 3. The molecule has 7 heteroatoms. The van der Waals surface area contributed by atoms with Crippen LogP contribution in [0.4, 0.5) is 11.4 Å². The van der Waals surface area contributed by atoms with E-state index in [1.54, 1.807) is 18.2 Å². The molecular weight excluding hydrogens is 286 g/mol. The number of anilines is 2. The van der Waals surface area contributed by atoms with Crippen molar-refractivity contribution >= 4 is 23.2 Å². The summed E-state index contributed by atoms with van der Waals surface area (Å²) in [6.07, 6.45) is 1.45. The molecule has 0 radical (unpaired) electrons. The third-order valence-corrected chi connectivity index (χ3v) is 3.34. The van der Waals surface area contributed by atoms with Gasteiger partial charge in [0.15, 0.2) is 0 Å². The van der Waals surface area contributed by atoms with Crippen LogP contribution < -0.4 is 21.1 Å². The average molecular weight is 307 g/mol. The molecule has 0 bridgehead atoms. The Balaban J connectivity index is 2.05. The van der Waals surface area contributed by atoms with Gasteiger partial charge in [-0.2, -0.15) is 0 Å². The van der Waals surface area contributed by atoms with Gasteiger partial charge < -0.3 is 25.8 Å². The number of benzene rings is 1. The molecule has 1 aromatic carbocycles. The molecule has 1 aromatic rings. The van der Waals surface area contributed by atoms with Crippen molar-refractivity contribution in [3.8, 4) is 5.75 Å². The lowest BCUT2D eigenvalue weighted by Crippen LogP contribution is -2.27. The van der Waals surface area contributed by atoms with Gasteiger partial charge in [-0.1, -0.05) is 0 Å². The largest absolute Gasteiger partial charge is 0.494 e. The Hall–Kier alpha value is -2.12. The molecule has 1 fully saturated rings. The molecule has 1 atom stereocenters. The molecule has 2 rings (SSSR count). The van der Waals surface area contributed by atoms with Gasteiger partial charge in [0.2, 0.25) is 5.91 Å². The minimum absolute atomic E-state index is 0.166. The molecule has 1 aliphatic heterocycles. The van der Waals surface area contributed by atoms with E-state index in [0.717, 1.165) is 12.8 Å². The molecule has 2 amide bonds. The molecule has 1 saturated heterocycles. The second-order valence-electron chi connectivity index (χ2n) is 4.99. The lowest BCUT2D eigenvalue weighted by molar-refractivity contribution is -0.124. The van der Waals surface area contributed by atoms with Crippen LogP contribution in [-0.4, -0.2) is 38.2 Å². The zero-order chi connectivity index (χ0) is 15.9. The van der Waals surface area contributed by atoms with Gasteiger partial charge in [0.1, 0.15) is 11.9 Å². The normalized spacial score (nSPS) is 17.1. The monoisotopic (exact) mass is 307 g/mol. The maximum atomic E-state index is 12.1. The molecule has 0 aromatic heterocycles. The van der Waals surface area contributed by atoms with Crippen LogP contribution in [0.25, 0.3) is 0 Å². The third kappa shape index (κ3) is 4.19. The number of nitrogens with two attached hydrogens (primary N) is 1. The maximum Gasteiger partial charge on any atom is 0.253 e. The van der Waals surface area contributed by atoms with Gasteiger partial charge in [-0.25, -0.2) is 0 Å². The van der Waals surface area contributed by atoms with Crippen LogP contribution in [-0.2, 0) is 14.3 Å². The van der Waals surface area contributed by atoms with Gasteiger partial charge in [-0.15, -0.1) is 0 Å². The van der Waals surface area contributed by atoms with Crippen LogP contribution in [0.15, 0.2) is 18.2 Å². The van der Waals surface area contributed by atoms with Crippen molar-refractivity contribution in [2.24, 2.45) is 5.73 Å². The summed E-state index contributed by atoms with van der Waals surface area (Å²) in [6, 6.07) is 5.03. The van der Waals surface area contributed by atoms with E-state index < -0.39 is 6.10 Å². The number of carbonyl (C=O) groups excluding carboxylic acids is 2. The SMILES string of the molecule is COc1cc(NC(=O)CCN)ccc1NC(=O)C1CCCO1. The highest BCUT2D eigenvalue weighted by Crippen LogP contribution is 2.28. The Morgan fingerprint density at radius 3 is 2.86 bits per heavy atom. The van der Waals surface area contributed by atoms with E-state index in [1.165, 1.54) is 7.11 Å². The molecule has 1 aliphatic rings. The first-order valence-electron chi connectivity index (χ1n) is 7.24. The van der Waals surface area contributed by atoms with Gasteiger partial charge in [0, 0.05) is 31.3 Å². The summed E-state index contributed by atoms with van der Waals surface area (Å²) in [6.45, 7) is 0.903. The number of rotatable bonds is 6. The van der Waals surface area contributed by atoms with Crippen LogP contribution in [0.1, 0.15) is 19.3 Å². The molecule has 1 unspecified atom stereocenters. The fourth-order valence-electron chi connectivity index (χ4n) is 2.22. The highest BCUT2D eigenvalue weighted by atomic mass is 16.5. The zero-order valence-corrected chi connectivity index (χ0v) is 12.6. The number of ether oxygens (including phenoxy) is 2. The number of hydrogen-bond acceptors (Lipinski definition) is 5. The van der Waals surface area contributed by atoms with Crippen molar-refractivity contribution < 1.29 is 19.1 Å². The number of nitrogens with one attached hydrogen (secondary N) is 2. The summed E-state index contributed by atoms with van der Waals surface area (Å²) in [5, 5.41) is 5.50. The summed E-state index contributed by atoms with van der Waals surface area (Å²) in [7, 11) is 1.50. The Morgan fingerprint density at radius 1 is 1.41 bits per heavy atom. The second-order valence-corrected chi connectivity index (χ2v) is 4.99. The predicted molar refractivity (Wildman–Crippen MR) is 82.9 cm³/mol. The first-order chi connectivity index (χ1) is 10.6. The lowest BCUT2D eigenvalue weighted by Gasteiger charge is -2.14. The lowest BCUT2D eigenvalue weighted by atomic mass is 10.2. The van der Waals surface area contributed by atoms with Gasteiger partial charge in [-0.3, -0.25) is 9.59 Å². The fraction of sp³-hybridized carbons (Fsp3) is 0.467. The van der Waals surface area contributed by atoms with E-state index in [0.29, 0.717) is 30.3 Å².